The minimum atomic E-state index is -0.411. The van der Waals surface area contributed by atoms with Crippen LogP contribution < -0.4 is 15.5 Å². The van der Waals surface area contributed by atoms with E-state index in [-0.39, 0.29) is 17.4 Å². The molecule has 1 aromatic heterocycles. The number of hydrogen-bond acceptors (Lipinski definition) is 5. The third-order valence-electron chi connectivity index (χ3n) is 7.57. The predicted molar refractivity (Wildman–Crippen MR) is 144 cm³/mol. The summed E-state index contributed by atoms with van der Waals surface area (Å²) in [4.78, 5) is 33.3. The fraction of sp³-hybridized carbons (Fsp3) is 0.345. The minimum absolute atomic E-state index is 0.00673. The number of para-hydroxylation sites is 1. The first-order valence-electron chi connectivity index (χ1n) is 12.7. The number of urea groups is 1. The van der Waals surface area contributed by atoms with E-state index in [0.29, 0.717) is 6.54 Å². The lowest BCUT2D eigenvalue weighted by Gasteiger charge is -2.40. The summed E-state index contributed by atoms with van der Waals surface area (Å²) in [5.74, 6) is 0.0630. The van der Waals surface area contributed by atoms with Crippen molar-refractivity contribution in [3.8, 4) is 0 Å². The molecule has 37 heavy (non-hydrogen) atoms. The van der Waals surface area contributed by atoms with E-state index >= 15 is 0 Å². The van der Waals surface area contributed by atoms with Crippen molar-refractivity contribution in [2.75, 3.05) is 37.0 Å². The number of hydrogen-bond donors (Lipinski definition) is 2. The van der Waals surface area contributed by atoms with Gasteiger partial charge < -0.3 is 25.2 Å². The zero-order valence-corrected chi connectivity index (χ0v) is 21.3. The number of amides is 3. The number of pyridine rings is 1. The van der Waals surface area contributed by atoms with E-state index in [9.17, 15) is 9.59 Å². The van der Waals surface area contributed by atoms with Gasteiger partial charge in [0.25, 0.3) is 5.91 Å². The highest BCUT2D eigenvalue weighted by atomic mass is 16.5. The van der Waals surface area contributed by atoms with Gasteiger partial charge in [-0.05, 0) is 67.3 Å². The summed E-state index contributed by atoms with van der Waals surface area (Å²) in [6, 6.07) is 20.0. The van der Waals surface area contributed by atoms with Gasteiger partial charge in [-0.2, -0.15) is 0 Å². The maximum absolute atomic E-state index is 12.6. The molecule has 0 bridgehead atoms. The average Bonchev–Trinajstić information content (AvgIpc) is 3.26. The Bertz CT molecular complexity index is 1240. The van der Waals surface area contributed by atoms with Crippen molar-refractivity contribution in [1.82, 2.24) is 15.2 Å². The Kier molecular flexibility index (Phi) is 7.10. The maximum atomic E-state index is 12.6. The van der Waals surface area contributed by atoms with E-state index in [0.717, 1.165) is 49.4 Å². The number of nitrogens with one attached hydrogen (secondary N) is 2. The molecule has 5 rings (SSSR count). The van der Waals surface area contributed by atoms with Crippen LogP contribution in [0.3, 0.4) is 0 Å². The number of fused-ring (bicyclic) bond motifs is 2. The Labute approximate surface area is 217 Å². The quantitative estimate of drug-likeness (QED) is 0.523. The molecule has 3 aromatic rings. The molecule has 0 radical (unpaired) electrons. The van der Waals surface area contributed by atoms with Crippen LogP contribution in [0.25, 0.3) is 0 Å². The molecule has 1 unspecified atom stereocenters. The maximum Gasteiger partial charge on any atom is 0.319 e. The summed E-state index contributed by atoms with van der Waals surface area (Å²) in [5, 5.41) is 5.75. The predicted octanol–water partition coefficient (Wildman–Crippen LogP) is 4.45. The fourth-order valence-electron chi connectivity index (χ4n) is 5.39. The second-order valence-corrected chi connectivity index (χ2v) is 9.80. The topological polar surface area (TPSA) is 86.8 Å². The number of likely N-dealkylation sites (tertiary alicyclic amines) is 1. The van der Waals surface area contributed by atoms with E-state index in [1.54, 1.807) is 19.5 Å². The molecule has 1 spiro atoms. The van der Waals surface area contributed by atoms with Crippen LogP contribution >= 0.6 is 0 Å². The SMILES string of the molecule is COC(C)C(=O)N1CCC2(CC1)CN(c1ccc(NC(=O)NCc3cccnc3)cc1)c1ccccc12. The molecule has 0 aliphatic carbocycles. The van der Waals surface area contributed by atoms with Crippen LogP contribution in [0.1, 0.15) is 30.9 Å². The van der Waals surface area contributed by atoms with Crippen molar-refractivity contribution in [2.45, 2.75) is 37.8 Å². The van der Waals surface area contributed by atoms with Crippen molar-refractivity contribution >= 4 is 29.0 Å². The van der Waals surface area contributed by atoms with Gasteiger partial charge in [0, 0.05) is 68.2 Å². The number of carbonyl (C=O) groups excluding carboxylic acids is 2. The molecule has 3 heterocycles. The van der Waals surface area contributed by atoms with Crippen molar-refractivity contribution < 1.29 is 14.3 Å². The monoisotopic (exact) mass is 499 g/mol. The number of piperidine rings is 1. The van der Waals surface area contributed by atoms with Crippen LogP contribution in [0.15, 0.2) is 73.1 Å². The van der Waals surface area contributed by atoms with Crippen LogP contribution in [0.4, 0.5) is 21.9 Å². The van der Waals surface area contributed by atoms with Crippen LogP contribution in [-0.2, 0) is 21.5 Å². The van der Waals surface area contributed by atoms with Gasteiger partial charge in [0.05, 0.1) is 0 Å². The normalized spacial score (nSPS) is 16.8. The molecular weight excluding hydrogens is 466 g/mol. The number of aromatic nitrogens is 1. The molecule has 8 heteroatoms. The largest absolute Gasteiger partial charge is 0.372 e. The Morgan fingerprint density at radius 2 is 1.81 bits per heavy atom. The lowest BCUT2D eigenvalue weighted by molar-refractivity contribution is -0.142. The number of ether oxygens (including phenoxy) is 1. The van der Waals surface area contributed by atoms with E-state index < -0.39 is 6.10 Å². The minimum Gasteiger partial charge on any atom is -0.372 e. The Morgan fingerprint density at radius 1 is 1.05 bits per heavy atom. The highest BCUT2D eigenvalue weighted by molar-refractivity contribution is 5.89. The average molecular weight is 500 g/mol. The Balaban J connectivity index is 1.25. The number of nitrogens with zero attached hydrogens (tertiary/aromatic N) is 3. The molecule has 3 amide bonds. The second-order valence-electron chi connectivity index (χ2n) is 9.80. The molecule has 8 nitrogen and oxygen atoms in total. The first kappa shape index (κ1) is 24.8. The summed E-state index contributed by atoms with van der Waals surface area (Å²) in [7, 11) is 1.58. The zero-order valence-electron chi connectivity index (χ0n) is 21.3. The highest BCUT2D eigenvalue weighted by Crippen LogP contribution is 2.49. The van der Waals surface area contributed by atoms with Gasteiger partial charge >= 0.3 is 6.03 Å². The number of methoxy groups -OCH3 is 1. The summed E-state index contributed by atoms with van der Waals surface area (Å²) in [6.07, 6.45) is 4.86. The van der Waals surface area contributed by atoms with Crippen molar-refractivity contribution in [3.63, 3.8) is 0 Å². The van der Waals surface area contributed by atoms with E-state index in [4.69, 9.17) is 4.74 Å². The van der Waals surface area contributed by atoms with E-state index in [1.807, 2.05) is 48.2 Å². The number of rotatable bonds is 6. The fourth-order valence-corrected chi connectivity index (χ4v) is 5.39. The zero-order chi connectivity index (χ0) is 25.8. The van der Waals surface area contributed by atoms with Crippen LogP contribution in [-0.4, -0.2) is 54.7 Å². The number of anilines is 3. The Hall–Kier alpha value is -3.91. The summed E-state index contributed by atoms with van der Waals surface area (Å²) in [6.45, 7) is 4.55. The van der Waals surface area contributed by atoms with Crippen molar-refractivity contribution in [2.24, 2.45) is 0 Å². The standard InChI is InChI=1S/C29H33N5O3/c1-21(37-2)27(35)33-16-13-29(14-17-33)20-34(26-8-4-3-7-25(26)29)24-11-9-23(10-12-24)32-28(36)31-19-22-6-5-15-30-18-22/h3-12,15,18,21H,13-14,16-17,19-20H2,1-2H3,(H2,31,32,36). The molecule has 2 aromatic carbocycles. The highest BCUT2D eigenvalue weighted by Gasteiger charge is 2.45. The third kappa shape index (κ3) is 5.15. The van der Waals surface area contributed by atoms with E-state index in [1.165, 1.54) is 11.3 Å². The third-order valence-corrected chi connectivity index (χ3v) is 7.57. The summed E-state index contributed by atoms with van der Waals surface area (Å²) < 4.78 is 5.25. The van der Waals surface area contributed by atoms with Gasteiger partial charge in [-0.3, -0.25) is 9.78 Å². The van der Waals surface area contributed by atoms with Gasteiger partial charge in [0.1, 0.15) is 6.10 Å². The van der Waals surface area contributed by atoms with Crippen molar-refractivity contribution in [1.29, 1.82) is 0 Å². The molecule has 2 N–H and O–H groups in total. The van der Waals surface area contributed by atoms with Gasteiger partial charge in [0.2, 0.25) is 0 Å². The molecule has 2 aliphatic rings. The molecule has 0 saturated carbocycles. The number of benzene rings is 2. The number of carbonyl (C=O) groups is 2. The smallest absolute Gasteiger partial charge is 0.319 e. The van der Waals surface area contributed by atoms with Crippen molar-refractivity contribution in [3.05, 3.63) is 84.2 Å². The Morgan fingerprint density at radius 3 is 2.51 bits per heavy atom. The van der Waals surface area contributed by atoms with Crippen LogP contribution in [0.5, 0.6) is 0 Å². The molecule has 192 valence electrons. The first-order chi connectivity index (χ1) is 18.0. The lowest BCUT2D eigenvalue weighted by Crippen LogP contribution is -2.49. The van der Waals surface area contributed by atoms with Gasteiger partial charge in [-0.25, -0.2) is 4.79 Å². The molecular formula is C29H33N5O3. The second kappa shape index (κ2) is 10.6. The van der Waals surface area contributed by atoms with Crippen LogP contribution in [0, 0.1) is 0 Å². The summed E-state index contributed by atoms with van der Waals surface area (Å²) in [5.41, 5.74) is 5.32. The van der Waals surface area contributed by atoms with Gasteiger partial charge in [-0.15, -0.1) is 0 Å². The first-order valence-corrected chi connectivity index (χ1v) is 12.7. The van der Waals surface area contributed by atoms with E-state index in [2.05, 4.69) is 44.8 Å². The van der Waals surface area contributed by atoms with Gasteiger partial charge in [0.15, 0.2) is 0 Å². The molecule has 2 aliphatic heterocycles. The van der Waals surface area contributed by atoms with Gasteiger partial charge in [-0.1, -0.05) is 24.3 Å². The summed E-state index contributed by atoms with van der Waals surface area (Å²) >= 11 is 0. The van der Waals surface area contributed by atoms with Crippen LogP contribution in [0.2, 0.25) is 0 Å². The lowest BCUT2D eigenvalue weighted by atomic mass is 9.74. The molecule has 1 saturated heterocycles. The molecule has 1 fully saturated rings. The molecule has 1 atom stereocenters.